The number of nitrogens with zero attached hydrogens (tertiary/aromatic N) is 1. The first kappa shape index (κ1) is 15.0. The summed E-state index contributed by atoms with van der Waals surface area (Å²) in [5, 5.41) is 0. The highest BCUT2D eigenvalue weighted by molar-refractivity contribution is 5.48. The smallest absolute Gasteiger partial charge is 0.0641 e. The fraction of sp³-hybridized carbons (Fsp3) is 0.600. The van der Waals surface area contributed by atoms with Crippen molar-refractivity contribution in [3.8, 4) is 0 Å². The Kier molecular flexibility index (Phi) is 7.46. The van der Waals surface area contributed by atoms with Crippen LogP contribution < -0.4 is 10.6 Å². The molecule has 0 atom stereocenters. The van der Waals surface area contributed by atoms with Crippen molar-refractivity contribution in [2.45, 2.75) is 26.7 Å². The second kappa shape index (κ2) is 8.95. The van der Waals surface area contributed by atoms with E-state index >= 15 is 0 Å². The molecule has 102 valence electrons. The second-order valence-corrected chi connectivity index (χ2v) is 4.58. The summed E-state index contributed by atoms with van der Waals surface area (Å²) >= 11 is 0. The normalized spacial score (nSPS) is 10.6. The van der Waals surface area contributed by atoms with Gasteiger partial charge in [0.15, 0.2) is 0 Å². The third-order valence-corrected chi connectivity index (χ3v) is 2.85. The van der Waals surface area contributed by atoms with Crippen molar-refractivity contribution in [2.75, 3.05) is 37.7 Å². The van der Waals surface area contributed by atoms with Crippen molar-refractivity contribution in [1.29, 1.82) is 0 Å². The fourth-order valence-corrected chi connectivity index (χ4v) is 1.90. The van der Waals surface area contributed by atoms with Gasteiger partial charge < -0.3 is 15.4 Å². The minimum Gasteiger partial charge on any atom is -0.380 e. The van der Waals surface area contributed by atoms with Gasteiger partial charge in [0.25, 0.3) is 0 Å². The SMILES string of the molecule is CCCOCCN(CCCN)c1cccc(C)c1. The van der Waals surface area contributed by atoms with E-state index in [1.165, 1.54) is 11.3 Å². The minimum absolute atomic E-state index is 0.734. The molecule has 1 rings (SSSR count). The van der Waals surface area contributed by atoms with Crippen LogP contribution in [0.15, 0.2) is 24.3 Å². The van der Waals surface area contributed by atoms with Crippen LogP contribution in [0.25, 0.3) is 0 Å². The van der Waals surface area contributed by atoms with E-state index in [9.17, 15) is 0 Å². The standard InChI is InChI=1S/C15H26N2O/c1-3-11-18-12-10-17(9-5-8-16)15-7-4-6-14(2)13-15/h4,6-7,13H,3,5,8-12,16H2,1-2H3. The molecule has 3 nitrogen and oxygen atoms in total. The van der Waals surface area contributed by atoms with Crippen LogP contribution >= 0.6 is 0 Å². The Morgan fingerprint density at radius 1 is 1.22 bits per heavy atom. The van der Waals surface area contributed by atoms with Crippen LogP contribution in [0.1, 0.15) is 25.3 Å². The van der Waals surface area contributed by atoms with Crippen molar-refractivity contribution in [1.82, 2.24) is 0 Å². The summed E-state index contributed by atoms with van der Waals surface area (Å²) < 4.78 is 5.57. The molecule has 0 amide bonds. The summed E-state index contributed by atoms with van der Waals surface area (Å²) in [7, 11) is 0. The van der Waals surface area contributed by atoms with Gasteiger partial charge >= 0.3 is 0 Å². The zero-order valence-corrected chi connectivity index (χ0v) is 11.7. The zero-order valence-electron chi connectivity index (χ0n) is 11.7. The third-order valence-electron chi connectivity index (χ3n) is 2.85. The molecule has 0 radical (unpaired) electrons. The van der Waals surface area contributed by atoms with E-state index in [-0.39, 0.29) is 0 Å². The molecule has 0 unspecified atom stereocenters. The number of rotatable bonds is 9. The Balaban J connectivity index is 2.54. The predicted molar refractivity (Wildman–Crippen MR) is 78.2 cm³/mol. The van der Waals surface area contributed by atoms with Gasteiger partial charge in [-0.3, -0.25) is 0 Å². The van der Waals surface area contributed by atoms with Gasteiger partial charge in [0.05, 0.1) is 6.61 Å². The molecular weight excluding hydrogens is 224 g/mol. The summed E-state index contributed by atoms with van der Waals surface area (Å²) in [5.74, 6) is 0. The molecule has 0 fully saturated rings. The largest absolute Gasteiger partial charge is 0.380 e. The maximum Gasteiger partial charge on any atom is 0.0641 e. The molecule has 0 bridgehead atoms. The van der Waals surface area contributed by atoms with Gasteiger partial charge in [-0.2, -0.15) is 0 Å². The highest BCUT2D eigenvalue weighted by Crippen LogP contribution is 2.15. The van der Waals surface area contributed by atoms with E-state index in [0.717, 1.165) is 45.7 Å². The van der Waals surface area contributed by atoms with Crippen LogP contribution in [0.2, 0.25) is 0 Å². The Bertz CT molecular complexity index is 328. The maximum absolute atomic E-state index is 5.60. The molecule has 1 aromatic rings. The van der Waals surface area contributed by atoms with Crippen molar-refractivity contribution in [3.63, 3.8) is 0 Å². The minimum atomic E-state index is 0.734. The van der Waals surface area contributed by atoms with Crippen LogP contribution in [0.4, 0.5) is 5.69 Å². The summed E-state index contributed by atoms with van der Waals surface area (Å²) in [4.78, 5) is 2.36. The fourth-order valence-electron chi connectivity index (χ4n) is 1.90. The van der Waals surface area contributed by atoms with Crippen LogP contribution in [0.5, 0.6) is 0 Å². The van der Waals surface area contributed by atoms with Gasteiger partial charge in [-0.1, -0.05) is 19.1 Å². The van der Waals surface area contributed by atoms with E-state index in [2.05, 4.69) is 43.0 Å². The number of anilines is 1. The highest BCUT2D eigenvalue weighted by atomic mass is 16.5. The quantitative estimate of drug-likeness (QED) is 0.685. The molecule has 3 heteroatoms. The van der Waals surface area contributed by atoms with Gasteiger partial charge in [0.2, 0.25) is 0 Å². The topological polar surface area (TPSA) is 38.5 Å². The zero-order chi connectivity index (χ0) is 13.2. The van der Waals surface area contributed by atoms with Crippen LogP contribution in [0.3, 0.4) is 0 Å². The number of hydrogen-bond donors (Lipinski definition) is 1. The Morgan fingerprint density at radius 2 is 2.06 bits per heavy atom. The van der Waals surface area contributed by atoms with Crippen LogP contribution in [-0.2, 0) is 4.74 Å². The molecule has 0 aliphatic heterocycles. The Labute approximate surface area is 111 Å². The molecule has 2 N–H and O–H groups in total. The molecular formula is C15H26N2O. The van der Waals surface area contributed by atoms with E-state index in [4.69, 9.17) is 10.5 Å². The molecule has 1 aromatic carbocycles. The molecule has 0 heterocycles. The number of ether oxygens (including phenoxy) is 1. The van der Waals surface area contributed by atoms with E-state index < -0.39 is 0 Å². The van der Waals surface area contributed by atoms with Crippen molar-refractivity contribution in [2.24, 2.45) is 5.73 Å². The average molecular weight is 250 g/mol. The van der Waals surface area contributed by atoms with E-state index in [1.807, 2.05) is 0 Å². The number of hydrogen-bond acceptors (Lipinski definition) is 3. The van der Waals surface area contributed by atoms with Gasteiger partial charge in [0, 0.05) is 25.4 Å². The lowest BCUT2D eigenvalue weighted by molar-refractivity contribution is 0.140. The molecule has 0 saturated heterocycles. The van der Waals surface area contributed by atoms with E-state index in [1.54, 1.807) is 0 Å². The number of aryl methyl sites for hydroxylation is 1. The lowest BCUT2D eigenvalue weighted by Crippen LogP contribution is -2.30. The Morgan fingerprint density at radius 3 is 2.72 bits per heavy atom. The second-order valence-electron chi connectivity index (χ2n) is 4.58. The highest BCUT2D eigenvalue weighted by Gasteiger charge is 2.05. The van der Waals surface area contributed by atoms with Crippen molar-refractivity contribution < 1.29 is 4.74 Å². The van der Waals surface area contributed by atoms with Gasteiger partial charge in [-0.15, -0.1) is 0 Å². The van der Waals surface area contributed by atoms with Gasteiger partial charge in [-0.25, -0.2) is 0 Å². The van der Waals surface area contributed by atoms with Crippen molar-refractivity contribution >= 4 is 5.69 Å². The molecule has 0 aliphatic rings. The summed E-state index contributed by atoms with van der Waals surface area (Å²) in [6, 6.07) is 8.60. The van der Waals surface area contributed by atoms with E-state index in [0.29, 0.717) is 0 Å². The Hall–Kier alpha value is -1.06. The molecule has 0 aliphatic carbocycles. The molecule has 0 aromatic heterocycles. The monoisotopic (exact) mass is 250 g/mol. The average Bonchev–Trinajstić information content (AvgIpc) is 2.38. The number of benzene rings is 1. The van der Waals surface area contributed by atoms with Gasteiger partial charge in [-0.05, 0) is 44.0 Å². The first-order chi connectivity index (χ1) is 8.77. The molecule has 0 saturated carbocycles. The molecule has 18 heavy (non-hydrogen) atoms. The first-order valence-corrected chi connectivity index (χ1v) is 6.87. The summed E-state index contributed by atoms with van der Waals surface area (Å²) in [6.45, 7) is 8.55. The third kappa shape index (κ3) is 5.52. The van der Waals surface area contributed by atoms with Gasteiger partial charge in [0.1, 0.15) is 0 Å². The lowest BCUT2D eigenvalue weighted by Gasteiger charge is -2.25. The van der Waals surface area contributed by atoms with Crippen LogP contribution in [-0.4, -0.2) is 32.8 Å². The van der Waals surface area contributed by atoms with Crippen LogP contribution in [0, 0.1) is 6.92 Å². The molecule has 0 spiro atoms. The first-order valence-electron chi connectivity index (χ1n) is 6.87. The summed E-state index contributed by atoms with van der Waals surface area (Å²) in [5.41, 5.74) is 8.16. The maximum atomic E-state index is 5.60. The van der Waals surface area contributed by atoms with Crippen molar-refractivity contribution in [3.05, 3.63) is 29.8 Å². The summed E-state index contributed by atoms with van der Waals surface area (Å²) in [6.07, 6.45) is 2.09. The predicted octanol–water partition coefficient (Wildman–Crippen LogP) is 2.58. The number of nitrogens with two attached hydrogens (primary N) is 1. The lowest BCUT2D eigenvalue weighted by atomic mass is 10.2.